The Morgan fingerprint density at radius 3 is 2.64 bits per heavy atom. The van der Waals surface area contributed by atoms with Crippen LogP contribution in [0.5, 0.6) is 0 Å². The number of carbonyl (C=O) groups is 3. The zero-order valence-corrected chi connectivity index (χ0v) is 17.4. The minimum absolute atomic E-state index is 0.0403. The lowest BCUT2D eigenvalue weighted by molar-refractivity contribution is -0.151. The highest BCUT2D eigenvalue weighted by molar-refractivity contribution is 9.10. The van der Waals surface area contributed by atoms with Crippen LogP contribution in [0.4, 0.5) is 11.4 Å². The van der Waals surface area contributed by atoms with Crippen LogP contribution in [0.2, 0.25) is 5.02 Å². The first-order valence-electron chi connectivity index (χ1n) is 8.62. The van der Waals surface area contributed by atoms with Crippen LogP contribution < -0.4 is 10.2 Å². The van der Waals surface area contributed by atoms with Crippen molar-refractivity contribution in [2.75, 3.05) is 23.4 Å². The van der Waals surface area contributed by atoms with Gasteiger partial charge in [-0.2, -0.15) is 0 Å². The minimum Gasteiger partial charge on any atom is -0.455 e. The molecule has 1 aliphatic heterocycles. The number of hydrogen-bond donors (Lipinski definition) is 1. The zero-order valence-electron chi connectivity index (χ0n) is 15.1. The molecule has 146 valence electrons. The fraction of sp³-hybridized carbons (Fsp3) is 0.250. The molecule has 6 nitrogen and oxygen atoms in total. The summed E-state index contributed by atoms with van der Waals surface area (Å²) in [5, 5.41) is 3.20. The van der Waals surface area contributed by atoms with Crippen molar-refractivity contribution in [2.24, 2.45) is 5.92 Å². The number of carbonyl (C=O) groups excluding carboxylic acids is 3. The van der Waals surface area contributed by atoms with E-state index in [4.69, 9.17) is 16.3 Å². The molecular weight excluding hydrogens is 448 g/mol. The normalized spacial score (nSPS) is 16.2. The Kier molecular flexibility index (Phi) is 6.36. The Labute approximate surface area is 175 Å². The number of anilines is 2. The van der Waals surface area contributed by atoms with Gasteiger partial charge in [0.05, 0.1) is 5.92 Å². The molecule has 1 N–H and O–H groups in total. The number of aryl methyl sites for hydroxylation is 1. The van der Waals surface area contributed by atoms with E-state index in [0.717, 1.165) is 10.0 Å². The number of esters is 1. The summed E-state index contributed by atoms with van der Waals surface area (Å²) in [6.07, 6.45) is 0.0403. The van der Waals surface area contributed by atoms with Crippen LogP contribution in [0.25, 0.3) is 0 Å². The molecule has 0 bridgehead atoms. The van der Waals surface area contributed by atoms with Crippen LogP contribution >= 0.6 is 27.5 Å². The Bertz CT molecular complexity index is 917. The van der Waals surface area contributed by atoms with Crippen LogP contribution in [0.15, 0.2) is 46.9 Å². The number of hydrogen-bond acceptors (Lipinski definition) is 4. The second-order valence-electron chi connectivity index (χ2n) is 6.50. The molecule has 28 heavy (non-hydrogen) atoms. The van der Waals surface area contributed by atoms with Crippen LogP contribution in [0, 0.1) is 12.8 Å². The Morgan fingerprint density at radius 2 is 1.96 bits per heavy atom. The molecular formula is C20H18BrClN2O4. The molecule has 1 atom stereocenters. The molecule has 2 aromatic rings. The molecule has 2 aromatic carbocycles. The molecule has 0 spiro atoms. The van der Waals surface area contributed by atoms with Gasteiger partial charge in [-0.15, -0.1) is 0 Å². The largest absolute Gasteiger partial charge is 0.455 e. The summed E-state index contributed by atoms with van der Waals surface area (Å²) in [6.45, 7) is 1.67. The zero-order chi connectivity index (χ0) is 20.3. The molecule has 1 aliphatic rings. The van der Waals surface area contributed by atoms with Crippen molar-refractivity contribution in [3.63, 3.8) is 0 Å². The fourth-order valence-corrected chi connectivity index (χ4v) is 3.29. The third kappa shape index (κ3) is 4.91. The third-order valence-electron chi connectivity index (χ3n) is 4.40. The number of ether oxygens (including phenoxy) is 1. The summed E-state index contributed by atoms with van der Waals surface area (Å²) in [4.78, 5) is 38.0. The molecule has 0 saturated carbocycles. The molecule has 8 heteroatoms. The lowest BCUT2D eigenvalue weighted by atomic mass is 10.1. The number of halogens is 2. The first-order valence-corrected chi connectivity index (χ1v) is 9.79. The highest BCUT2D eigenvalue weighted by Crippen LogP contribution is 2.29. The molecule has 2 amide bonds. The average molecular weight is 466 g/mol. The molecule has 0 radical (unpaired) electrons. The Morgan fingerprint density at radius 1 is 1.25 bits per heavy atom. The van der Waals surface area contributed by atoms with Crippen LogP contribution in [0.1, 0.15) is 12.0 Å². The predicted molar refractivity (Wildman–Crippen MR) is 110 cm³/mol. The molecule has 3 rings (SSSR count). The monoisotopic (exact) mass is 464 g/mol. The van der Waals surface area contributed by atoms with E-state index in [9.17, 15) is 14.4 Å². The van der Waals surface area contributed by atoms with E-state index >= 15 is 0 Å². The number of amides is 2. The maximum absolute atomic E-state index is 12.3. The van der Waals surface area contributed by atoms with Crippen molar-refractivity contribution in [2.45, 2.75) is 13.3 Å². The first kappa shape index (κ1) is 20.4. The van der Waals surface area contributed by atoms with Crippen molar-refractivity contribution < 1.29 is 19.1 Å². The number of nitrogens with zero attached hydrogens (tertiary/aromatic N) is 1. The Hall–Kier alpha value is -2.38. The van der Waals surface area contributed by atoms with Gasteiger partial charge in [-0.05, 0) is 48.9 Å². The Balaban J connectivity index is 1.53. The van der Waals surface area contributed by atoms with Gasteiger partial charge in [0.1, 0.15) is 0 Å². The summed E-state index contributed by atoms with van der Waals surface area (Å²) >= 11 is 9.43. The summed E-state index contributed by atoms with van der Waals surface area (Å²) in [5.41, 5.74) is 2.15. The van der Waals surface area contributed by atoms with Gasteiger partial charge in [0.2, 0.25) is 5.91 Å². The lowest BCUT2D eigenvalue weighted by Crippen LogP contribution is -2.28. The van der Waals surface area contributed by atoms with E-state index < -0.39 is 24.4 Å². The number of rotatable bonds is 5. The quantitative estimate of drug-likeness (QED) is 0.679. The molecule has 1 heterocycles. The van der Waals surface area contributed by atoms with Crippen LogP contribution in [-0.4, -0.2) is 30.9 Å². The highest BCUT2D eigenvalue weighted by atomic mass is 79.9. The minimum atomic E-state index is -0.618. The number of benzene rings is 2. The van der Waals surface area contributed by atoms with Crippen molar-refractivity contribution >= 4 is 56.7 Å². The van der Waals surface area contributed by atoms with Gasteiger partial charge in [-0.3, -0.25) is 14.4 Å². The second kappa shape index (κ2) is 8.75. The van der Waals surface area contributed by atoms with Crippen LogP contribution in [0.3, 0.4) is 0 Å². The summed E-state index contributed by atoms with van der Waals surface area (Å²) < 4.78 is 5.98. The van der Waals surface area contributed by atoms with E-state index in [2.05, 4.69) is 21.2 Å². The van der Waals surface area contributed by atoms with E-state index in [1.165, 1.54) is 4.90 Å². The standard InChI is InChI=1S/C20H18BrClN2O4/c1-12-2-7-16(9-17(12)22)24-10-13(8-19(24)26)20(27)28-11-18(25)23-15-5-3-14(21)4-6-15/h2-7,9,13H,8,10-11H2,1H3,(H,23,25)/t13-/m0/s1. The van der Waals surface area contributed by atoms with E-state index in [1.54, 1.807) is 36.4 Å². The maximum Gasteiger partial charge on any atom is 0.311 e. The van der Waals surface area contributed by atoms with Gasteiger partial charge in [0.15, 0.2) is 6.61 Å². The number of nitrogens with one attached hydrogen (secondary N) is 1. The summed E-state index contributed by atoms with van der Waals surface area (Å²) in [7, 11) is 0. The van der Waals surface area contributed by atoms with Gasteiger partial charge < -0.3 is 15.0 Å². The SMILES string of the molecule is Cc1ccc(N2C[C@@H](C(=O)OCC(=O)Nc3ccc(Br)cc3)CC2=O)cc1Cl. The van der Waals surface area contributed by atoms with Gasteiger partial charge in [0.25, 0.3) is 5.91 Å². The van der Waals surface area contributed by atoms with Gasteiger partial charge >= 0.3 is 5.97 Å². The highest BCUT2D eigenvalue weighted by Gasteiger charge is 2.36. The molecule has 1 saturated heterocycles. The third-order valence-corrected chi connectivity index (χ3v) is 5.33. The van der Waals surface area contributed by atoms with Gasteiger partial charge in [0, 0.05) is 33.8 Å². The molecule has 0 aromatic heterocycles. The van der Waals surface area contributed by atoms with Gasteiger partial charge in [-0.1, -0.05) is 33.6 Å². The van der Waals surface area contributed by atoms with Gasteiger partial charge in [-0.25, -0.2) is 0 Å². The molecule has 0 aliphatic carbocycles. The first-order chi connectivity index (χ1) is 13.3. The topological polar surface area (TPSA) is 75.7 Å². The molecule has 0 unspecified atom stereocenters. The predicted octanol–water partition coefficient (Wildman–Crippen LogP) is 3.95. The fourth-order valence-electron chi connectivity index (χ4n) is 2.85. The van der Waals surface area contributed by atoms with Crippen LogP contribution in [-0.2, 0) is 19.1 Å². The summed E-state index contributed by atoms with van der Waals surface area (Å²) in [6, 6.07) is 12.3. The van der Waals surface area contributed by atoms with E-state index in [0.29, 0.717) is 16.4 Å². The lowest BCUT2D eigenvalue weighted by Gasteiger charge is -2.17. The van der Waals surface area contributed by atoms with E-state index in [-0.39, 0.29) is 18.9 Å². The average Bonchev–Trinajstić information content (AvgIpc) is 3.06. The van der Waals surface area contributed by atoms with Crippen molar-refractivity contribution in [1.82, 2.24) is 0 Å². The summed E-state index contributed by atoms with van der Waals surface area (Å²) in [5.74, 6) is -1.81. The smallest absolute Gasteiger partial charge is 0.311 e. The van der Waals surface area contributed by atoms with E-state index in [1.807, 2.05) is 13.0 Å². The van der Waals surface area contributed by atoms with Crippen molar-refractivity contribution in [1.29, 1.82) is 0 Å². The molecule has 1 fully saturated rings. The van der Waals surface area contributed by atoms with Crippen molar-refractivity contribution in [3.8, 4) is 0 Å². The second-order valence-corrected chi connectivity index (χ2v) is 7.82. The maximum atomic E-state index is 12.3. The van der Waals surface area contributed by atoms with Crippen molar-refractivity contribution in [3.05, 3.63) is 57.5 Å².